The van der Waals surface area contributed by atoms with E-state index in [9.17, 15) is 9.59 Å². The Kier molecular flexibility index (Phi) is 4.40. The lowest BCUT2D eigenvalue weighted by molar-refractivity contribution is -0.135. The summed E-state index contributed by atoms with van der Waals surface area (Å²) in [7, 11) is 0. The van der Waals surface area contributed by atoms with Gasteiger partial charge in [-0.25, -0.2) is 0 Å². The number of rotatable bonds is 4. The second-order valence-electron chi connectivity index (χ2n) is 6.67. The van der Waals surface area contributed by atoms with Gasteiger partial charge in [0.05, 0.1) is 5.52 Å². The van der Waals surface area contributed by atoms with E-state index < -0.39 is 6.04 Å². The van der Waals surface area contributed by atoms with E-state index in [1.807, 2.05) is 35.4 Å². The maximum Gasteiger partial charge on any atom is 0.245 e. The van der Waals surface area contributed by atoms with Gasteiger partial charge in [0.2, 0.25) is 11.8 Å². The zero-order valence-corrected chi connectivity index (χ0v) is 14.1. The summed E-state index contributed by atoms with van der Waals surface area (Å²) in [6.07, 6.45) is 4.28. The predicted octanol–water partition coefficient (Wildman–Crippen LogP) is 0.932. The molecule has 0 radical (unpaired) electrons. The Morgan fingerprint density at radius 1 is 1.24 bits per heavy atom. The van der Waals surface area contributed by atoms with Gasteiger partial charge in [-0.15, -0.1) is 0 Å². The average Bonchev–Trinajstić information content (AvgIpc) is 3.19. The van der Waals surface area contributed by atoms with Gasteiger partial charge in [-0.1, -0.05) is 18.2 Å². The lowest BCUT2D eigenvalue weighted by Gasteiger charge is -2.31. The second-order valence-corrected chi connectivity index (χ2v) is 6.67. The van der Waals surface area contributed by atoms with Crippen LogP contribution in [-0.4, -0.2) is 58.3 Å². The third kappa shape index (κ3) is 3.37. The third-order valence-electron chi connectivity index (χ3n) is 4.97. The van der Waals surface area contributed by atoms with E-state index >= 15 is 0 Å². The van der Waals surface area contributed by atoms with E-state index in [4.69, 9.17) is 4.74 Å². The summed E-state index contributed by atoms with van der Waals surface area (Å²) in [4.78, 5) is 26.8. The van der Waals surface area contributed by atoms with Crippen LogP contribution in [0.4, 0.5) is 0 Å². The molecular weight excluding hydrogens is 320 g/mol. The quantitative estimate of drug-likeness (QED) is 0.897. The van der Waals surface area contributed by atoms with E-state index in [-0.39, 0.29) is 24.4 Å². The van der Waals surface area contributed by atoms with E-state index in [0.717, 1.165) is 23.7 Å². The molecule has 0 saturated carbocycles. The predicted molar refractivity (Wildman–Crippen MR) is 91.8 cm³/mol. The summed E-state index contributed by atoms with van der Waals surface area (Å²) >= 11 is 0. The minimum absolute atomic E-state index is 0.0332. The molecule has 2 aliphatic rings. The van der Waals surface area contributed by atoms with Gasteiger partial charge in [-0.05, 0) is 25.3 Å². The summed E-state index contributed by atoms with van der Waals surface area (Å²) in [5.74, 6) is -0.147. The van der Waals surface area contributed by atoms with E-state index in [1.165, 1.54) is 0 Å². The number of carbonyl (C=O) groups is 2. The first-order chi connectivity index (χ1) is 12.2. The Hall–Kier alpha value is -2.41. The van der Waals surface area contributed by atoms with Gasteiger partial charge < -0.3 is 15.0 Å². The molecule has 1 aromatic carbocycles. The molecular formula is C18H22N4O3. The summed E-state index contributed by atoms with van der Waals surface area (Å²) in [5.41, 5.74) is 0.859. The topological polar surface area (TPSA) is 76.5 Å². The zero-order valence-electron chi connectivity index (χ0n) is 14.1. The lowest BCUT2D eigenvalue weighted by Crippen LogP contribution is -2.46. The highest BCUT2D eigenvalue weighted by molar-refractivity contribution is 5.89. The van der Waals surface area contributed by atoms with Crippen LogP contribution in [0.15, 0.2) is 30.5 Å². The van der Waals surface area contributed by atoms with Gasteiger partial charge in [0.15, 0.2) is 0 Å². The molecule has 7 nitrogen and oxygen atoms in total. The van der Waals surface area contributed by atoms with Crippen molar-refractivity contribution in [2.75, 3.05) is 19.8 Å². The number of carbonyl (C=O) groups excluding carboxylic acids is 2. The molecule has 0 unspecified atom stereocenters. The Labute approximate surface area is 145 Å². The Balaban J connectivity index is 1.35. The van der Waals surface area contributed by atoms with E-state index in [2.05, 4.69) is 10.4 Å². The van der Waals surface area contributed by atoms with Crippen LogP contribution in [0.5, 0.6) is 0 Å². The molecule has 25 heavy (non-hydrogen) atoms. The molecule has 2 aromatic rings. The average molecular weight is 342 g/mol. The van der Waals surface area contributed by atoms with E-state index in [1.54, 1.807) is 4.68 Å². The SMILES string of the molecule is O=C(Cn1cc2ccccc2n1)N[C@H]1CCN(C2CCOCC2)C1=O. The molecule has 7 heteroatoms. The normalized spacial score (nSPS) is 21.8. The molecule has 1 atom stereocenters. The van der Waals surface area contributed by atoms with Crippen LogP contribution < -0.4 is 5.32 Å². The van der Waals surface area contributed by atoms with Crippen LogP contribution >= 0.6 is 0 Å². The van der Waals surface area contributed by atoms with Crippen molar-refractivity contribution in [2.45, 2.75) is 37.9 Å². The largest absolute Gasteiger partial charge is 0.381 e. The maximum atomic E-state index is 12.6. The molecule has 4 rings (SSSR count). The fourth-order valence-corrected chi connectivity index (χ4v) is 3.68. The number of aromatic nitrogens is 2. The van der Waals surface area contributed by atoms with Gasteiger partial charge in [0.1, 0.15) is 12.6 Å². The van der Waals surface area contributed by atoms with Crippen LogP contribution in [0.1, 0.15) is 19.3 Å². The van der Waals surface area contributed by atoms with Crippen molar-refractivity contribution in [1.29, 1.82) is 0 Å². The van der Waals surface area contributed by atoms with Crippen molar-refractivity contribution in [3.63, 3.8) is 0 Å². The van der Waals surface area contributed by atoms with Gasteiger partial charge >= 0.3 is 0 Å². The minimum Gasteiger partial charge on any atom is -0.381 e. The molecule has 0 aliphatic carbocycles. The second kappa shape index (κ2) is 6.84. The molecule has 2 fully saturated rings. The third-order valence-corrected chi connectivity index (χ3v) is 4.97. The number of nitrogens with one attached hydrogen (secondary N) is 1. The van der Waals surface area contributed by atoms with Crippen molar-refractivity contribution < 1.29 is 14.3 Å². The zero-order chi connectivity index (χ0) is 17.2. The van der Waals surface area contributed by atoms with Crippen molar-refractivity contribution in [3.05, 3.63) is 30.5 Å². The highest BCUT2D eigenvalue weighted by atomic mass is 16.5. The lowest BCUT2D eigenvalue weighted by atomic mass is 10.1. The molecule has 1 N–H and O–H groups in total. The molecule has 1 aromatic heterocycles. The molecule has 2 saturated heterocycles. The molecule has 2 aliphatic heterocycles. The van der Waals surface area contributed by atoms with Crippen LogP contribution in [0.3, 0.4) is 0 Å². The first kappa shape index (κ1) is 16.1. The summed E-state index contributed by atoms with van der Waals surface area (Å²) in [6.45, 7) is 2.24. The van der Waals surface area contributed by atoms with Crippen molar-refractivity contribution in [1.82, 2.24) is 20.0 Å². The number of fused-ring (bicyclic) bond motifs is 1. The summed E-state index contributed by atoms with van der Waals surface area (Å²) in [6, 6.07) is 7.57. The molecule has 3 heterocycles. The number of ether oxygens (including phenoxy) is 1. The van der Waals surface area contributed by atoms with Crippen molar-refractivity contribution >= 4 is 22.7 Å². The first-order valence-corrected chi connectivity index (χ1v) is 8.80. The van der Waals surface area contributed by atoms with Crippen molar-refractivity contribution in [3.8, 4) is 0 Å². The maximum absolute atomic E-state index is 12.6. The Bertz CT molecular complexity index is 748. The monoisotopic (exact) mass is 342 g/mol. The van der Waals surface area contributed by atoms with Crippen molar-refractivity contribution in [2.24, 2.45) is 0 Å². The first-order valence-electron chi connectivity index (χ1n) is 8.80. The smallest absolute Gasteiger partial charge is 0.245 e. The van der Waals surface area contributed by atoms with Crippen LogP contribution in [0.2, 0.25) is 0 Å². The Morgan fingerprint density at radius 2 is 2.04 bits per heavy atom. The number of amides is 2. The number of benzene rings is 1. The van der Waals surface area contributed by atoms with Crippen LogP contribution in [0, 0.1) is 0 Å². The molecule has 0 bridgehead atoms. The standard InChI is InChI=1S/C18H22N4O3/c23-17(12-21-11-13-3-1-2-4-15(13)20-21)19-16-5-8-22(18(16)24)14-6-9-25-10-7-14/h1-4,11,14,16H,5-10,12H2,(H,19,23)/t16-/m0/s1. The van der Waals surface area contributed by atoms with Crippen LogP contribution in [0.25, 0.3) is 10.9 Å². The minimum atomic E-state index is -0.416. The van der Waals surface area contributed by atoms with Gasteiger partial charge in [-0.3, -0.25) is 14.3 Å². The van der Waals surface area contributed by atoms with Gasteiger partial charge in [-0.2, -0.15) is 5.10 Å². The Morgan fingerprint density at radius 3 is 2.84 bits per heavy atom. The summed E-state index contributed by atoms with van der Waals surface area (Å²) in [5, 5.41) is 8.25. The number of nitrogens with zero attached hydrogens (tertiary/aromatic N) is 3. The molecule has 132 valence electrons. The highest BCUT2D eigenvalue weighted by Gasteiger charge is 2.37. The van der Waals surface area contributed by atoms with E-state index in [0.29, 0.717) is 26.2 Å². The van der Waals surface area contributed by atoms with Crippen LogP contribution in [-0.2, 0) is 20.9 Å². The fourth-order valence-electron chi connectivity index (χ4n) is 3.68. The van der Waals surface area contributed by atoms with Gasteiger partial charge in [0.25, 0.3) is 0 Å². The fraction of sp³-hybridized carbons (Fsp3) is 0.500. The number of hydrogen-bond donors (Lipinski definition) is 1. The molecule has 0 spiro atoms. The highest BCUT2D eigenvalue weighted by Crippen LogP contribution is 2.21. The summed E-state index contributed by atoms with van der Waals surface area (Å²) < 4.78 is 6.98. The number of hydrogen-bond acceptors (Lipinski definition) is 4. The molecule has 2 amide bonds. The number of likely N-dealkylation sites (tertiary alicyclic amines) is 1. The van der Waals surface area contributed by atoms with Gasteiger partial charge in [0, 0.05) is 37.4 Å².